The first-order valence-electron chi connectivity index (χ1n) is 12.1. The topological polar surface area (TPSA) is 89.9 Å². The Kier molecular flexibility index (Phi) is 12.3. The number of nitrogens with one attached hydrogen (secondary N) is 1. The zero-order valence-electron chi connectivity index (χ0n) is 21.0. The summed E-state index contributed by atoms with van der Waals surface area (Å²) in [6.07, 6.45) is 0.00998. The van der Waals surface area contributed by atoms with Gasteiger partial charge in [0, 0.05) is 39.3 Å². The highest BCUT2D eigenvalue weighted by Crippen LogP contribution is 2.23. The summed E-state index contributed by atoms with van der Waals surface area (Å²) in [6.45, 7) is 9.07. The molecule has 0 aliphatic carbocycles. The van der Waals surface area contributed by atoms with E-state index < -0.39 is 24.2 Å². The van der Waals surface area contributed by atoms with Crippen molar-refractivity contribution in [3.05, 3.63) is 63.6 Å². The summed E-state index contributed by atoms with van der Waals surface area (Å²) in [5, 5.41) is 23.8. The minimum absolute atomic E-state index is 0.112. The van der Waals surface area contributed by atoms with Crippen molar-refractivity contribution in [2.75, 3.05) is 18.8 Å². The van der Waals surface area contributed by atoms with Crippen molar-refractivity contribution >= 4 is 39.5 Å². The molecule has 2 aromatic rings. The minimum atomic E-state index is -1.12. The first kappa shape index (κ1) is 29.4. The highest BCUT2D eigenvalue weighted by atomic mass is 79.9. The Morgan fingerprint density at radius 2 is 1.69 bits per heavy atom. The largest absolute Gasteiger partial charge is 0.390 e. The van der Waals surface area contributed by atoms with Gasteiger partial charge in [-0.2, -0.15) is 0 Å². The molecule has 0 radical (unpaired) electrons. The van der Waals surface area contributed by atoms with Crippen molar-refractivity contribution in [2.24, 2.45) is 0 Å². The second-order valence-electron chi connectivity index (χ2n) is 8.74. The zero-order chi connectivity index (χ0) is 26.0. The third kappa shape index (κ3) is 8.94. The lowest BCUT2D eigenvalue weighted by Gasteiger charge is -2.25. The summed E-state index contributed by atoms with van der Waals surface area (Å²) in [4.78, 5) is 28.8. The van der Waals surface area contributed by atoms with Gasteiger partial charge in [0.05, 0.1) is 18.2 Å². The molecule has 2 rings (SSSR count). The fraction of sp³-hybridized carbons (Fsp3) is 0.481. The normalized spacial score (nSPS) is 13.7. The number of hydrogen-bond donors (Lipinski definition) is 3. The lowest BCUT2D eigenvalue weighted by Crippen LogP contribution is -2.47. The Bertz CT molecular complexity index is 981. The van der Waals surface area contributed by atoms with Crippen molar-refractivity contribution < 1.29 is 19.8 Å². The number of hydrogen-bond acceptors (Lipinski definition) is 5. The highest BCUT2D eigenvalue weighted by molar-refractivity contribution is 9.10. The van der Waals surface area contributed by atoms with E-state index in [0.717, 1.165) is 17.7 Å². The van der Waals surface area contributed by atoms with Crippen LogP contribution >= 0.6 is 27.7 Å². The standard InChI is InChI=1S/C27H37BrN2O4S/c1-5-12-30(13-6-2)27(34)21-15-20(16-22(28)17-21)26(33)29-19(4)25(32)23(31)11-14-35-24-10-8-7-9-18(24)3/h7-10,15-17,19,23,25,31-32H,5-6,11-14H2,1-4H3,(H,29,33)/t19-,23+,25+/m0/s1. The lowest BCUT2D eigenvalue weighted by atomic mass is 10.0. The van der Waals surface area contributed by atoms with E-state index in [2.05, 4.69) is 21.2 Å². The number of carbonyl (C=O) groups is 2. The van der Waals surface area contributed by atoms with E-state index in [4.69, 9.17) is 0 Å². The molecule has 0 fully saturated rings. The van der Waals surface area contributed by atoms with Gasteiger partial charge in [-0.05, 0) is 62.9 Å². The number of rotatable bonds is 13. The van der Waals surface area contributed by atoms with E-state index in [1.807, 2.05) is 45.0 Å². The van der Waals surface area contributed by atoms with Gasteiger partial charge in [-0.1, -0.05) is 48.0 Å². The average Bonchev–Trinajstić information content (AvgIpc) is 2.83. The molecular formula is C27H37BrN2O4S. The minimum Gasteiger partial charge on any atom is -0.390 e. The van der Waals surface area contributed by atoms with E-state index in [-0.39, 0.29) is 5.91 Å². The van der Waals surface area contributed by atoms with Gasteiger partial charge in [-0.15, -0.1) is 11.8 Å². The molecule has 2 aromatic carbocycles. The summed E-state index contributed by atoms with van der Waals surface area (Å²) in [7, 11) is 0. The number of aliphatic hydroxyl groups is 2. The number of amides is 2. The van der Waals surface area contributed by atoms with E-state index in [1.165, 1.54) is 5.56 Å². The molecule has 8 heteroatoms. The Morgan fingerprint density at radius 3 is 2.31 bits per heavy atom. The molecule has 6 nitrogen and oxygen atoms in total. The number of aryl methyl sites for hydroxylation is 1. The molecule has 0 spiro atoms. The molecule has 0 saturated carbocycles. The zero-order valence-corrected chi connectivity index (χ0v) is 23.4. The highest BCUT2D eigenvalue weighted by Gasteiger charge is 2.25. The Hall–Kier alpha value is -1.87. The van der Waals surface area contributed by atoms with Gasteiger partial charge >= 0.3 is 0 Å². The smallest absolute Gasteiger partial charge is 0.253 e. The third-order valence-electron chi connectivity index (χ3n) is 5.71. The number of halogens is 1. The van der Waals surface area contributed by atoms with Gasteiger partial charge < -0.3 is 20.4 Å². The maximum atomic E-state index is 13.0. The van der Waals surface area contributed by atoms with Crippen LogP contribution in [0.4, 0.5) is 0 Å². The van der Waals surface area contributed by atoms with Gasteiger partial charge in [-0.3, -0.25) is 9.59 Å². The van der Waals surface area contributed by atoms with Crippen LogP contribution in [-0.2, 0) is 0 Å². The summed E-state index contributed by atoms with van der Waals surface area (Å²) < 4.78 is 0.628. The van der Waals surface area contributed by atoms with Gasteiger partial charge in [0.15, 0.2) is 0 Å². The van der Waals surface area contributed by atoms with Crippen LogP contribution in [0.1, 0.15) is 66.3 Å². The Balaban J connectivity index is 1.99. The van der Waals surface area contributed by atoms with E-state index in [1.54, 1.807) is 41.8 Å². The van der Waals surface area contributed by atoms with E-state index in [0.29, 0.717) is 40.9 Å². The lowest BCUT2D eigenvalue weighted by molar-refractivity contribution is -0.000391. The molecule has 0 saturated heterocycles. The predicted octanol–water partition coefficient (Wildman–Crippen LogP) is 5.04. The third-order valence-corrected chi connectivity index (χ3v) is 7.38. The van der Waals surface area contributed by atoms with Crippen LogP contribution in [0.5, 0.6) is 0 Å². The van der Waals surface area contributed by atoms with Gasteiger partial charge in [0.1, 0.15) is 0 Å². The number of benzene rings is 2. The molecule has 3 atom stereocenters. The van der Waals surface area contributed by atoms with E-state index in [9.17, 15) is 19.8 Å². The van der Waals surface area contributed by atoms with Crippen molar-refractivity contribution in [2.45, 2.75) is 70.1 Å². The van der Waals surface area contributed by atoms with Crippen molar-refractivity contribution in [1.82, 2.24) is 10.2 Å². The molecule has 0 bridgehead atoms. The van der Waals surface area contributed by atoms with Crippen molar-refractivity contribution in [1.29, 1.82) is 0 Å². The molecule has 0 heterocycles. The van der Waals surface area contributed by atoms with Crippen LogP contribution in [0.15, 0.2) is 51.8 Å². The van der Waals surface area contributed by atoms with Crippen LogP contribution < -0.4 is 5.32 Å². The van der Waals surface area contributed by atoms with Crippen molar-refractivity contribution in [3.8, 4) is 0 Å². The Labute approximate surface area is 221 Å². The summed E-state index contributed by atoms with van der Waals surface area (Å²) in [6, 6.07) is 12.3. The van der Waals surface area contributed by atoms with Crippen molar-refractivity contribution in [3.63, 3.8) is 0 Å². The first-order chi connectivity index (χ1) is 16.7. The second kappa shape index (κ2) is 14.6. The SMILES string of the molecule is CCCN(CCC)C(=O)c1cc(Br)cc(C(=O)N[C@@H](C)[C@@H](O)[C@H](O)CCSc2ccccc2C)c1. The number of thioether (sulfide) groups is 1. The molecule has 0 aliphatic heterocycles. The number of aliphatic hydroxyl groups excluding tert-OH is 2. The number of nitrogens with zero attached hydrogens (tertiary/aromatic N) is 1. The maximum Gasteiger partial charge on any atom is 0.253 e. The van der Waals surface area contributed by atoms with Crippen LogP contribution in [0, 0.1) is 6.92 Å². The molecule has 192 valence electrons. The monoisotopic (exact) mass is 564 g/mol. The quantitative estimate of drug-likeness (QED) is 0.296. The van der Waals surface area contributed by atoms with Gasteiger partial charge in [0.25, 0.3) is 11.8 Å². The predicted molar refractivity (Wildman–Crippen MR) is 146 cm³/mol. The first-order valence-corrected chi connectivity index (χ1v) is 13.9. The summed E-state index contributed by atoms with van der Waals surface area (Å²) in [5.41, 5.74) is 1.93. The molecule has 0 aromatic heterocycles. The van der Waals surface area contributed by atoms with Crippen LogP contribution in [0.2, 0.25) is 0 Å². The van der Waals surface area contributed by atoms with Crippen LogP contribution in [0.25, 0.3) is 0 Å². The molecule has 0 aliphatic rings. The van der Waals surface area contributed by atoms with Gasteiger partial charge in [0.2, 0.25) is 0 Å². The molecule has 0 unspecified atom stereocenters. The molecular weight excluding hydrogens is 528 g/mol. The maximum absolute atomic E-state index is 13.0. The van der Waals surface area contributed by atoms with Crippen LogP contribution in [-0.4, -0.2) is 64.0 Å². The average molecular weight is 566 g/mol. The molecule has 2 amide bonds. The second-order valence-corrected chi connectivity index (χ2v) is 10.8. The molecule has 3 N–H and O–H groups in total. The number of carbonyl (C=O) groups excluding carboxylic acids is 2. The van der Waals surface area contributed by atoms with Crippen LogP contribution in [0.3, 0.4) is 0 Å². The summed E-state index contributed by atoms with van der Waals surface area (Å²) in [5.74, 6) is 0.122. The Morgan fingerprint density at radius 1 is 1.06 bits per heavy atom. The van der Waals surface area contributed by atoms with Gasteiger partial charge in [-0.25, -0.2) is 0 Å². The fourth-order valence-corrected chi connectivity index (χ4v) is 5.31. The molecule has 35 heavy (non-hydrogen) atoms. The fourth-order valence-electron chi connectivity index (χ4n) is 3.77. The summed E-state index contributed by atoms with van der Waals surface area (Å²) >= 11 is 5.04. The van der Waals surface area contributed by atoms with E-state index >= 15 is 0 Å².